The van der Waals surface area contributed by atoms with E-state index in [1.54, 1.807) is 0 Å². The molecule has 13 heteroatoms. The van der Waals surface area contributed by atoms with Crippen LogP contribution in [0, 0.1) is 0 Å². The highest BCUT2D eigenvalue weighted by molar-refractivity contribution is 5.79. The molecule has 0 spiro atoms. The van der Waals surface area contributed by atoms with Gasteiger partial charge >= 0.3 is 6.09 Å². The summed E-state index contributed by atoms with van der Waals surface area (Å²) in [5.41, 5.74) is 4.77. The van der Waals surface area contributed by atoms with Crippen molar-refractivity contribution in [2.24, 2.45) is 0 Å². The van der Waals surface area contributed by atoms with E-state index in [0.29, 0.717) is 132 Å². The fourth-order valence-electron chi connectivity index (χ4n) is 4.93. The molecule has 0 aromatic heterocycles. The second kappa shape index (κ2) is 28.6. The smallest absolute Gasteiger partial charge is 0.407 e. The van der Waals surface area contributed by atoms with Crippen LogP contribution < -0.4 is 5.32 Å². The third-order valence-electron chi connectivity index (χ3n) is 7.30. The molecule has 0 bridgehead atoms. The number of fused-ring (bicyclic) bond motifs is 3. The maximum absolute atomic E-state index is 12.2. The highest BCUT2D eigenvalue weighted by atomic mass is 16.6. The van der Waals surface area contributed by atoms with Gasteiger partial charge in [-0.25, -0.2) is 4.79 Å². The van der Waals surface area contributed by atoms with Crippen molar-refractivity contribution in [2.75, 3.05) is 139 Å². The van der Waals surface area contributed by atoms with Crippen LogP contribution in [0.15, 0.2) is 61.4 Å². The molecule has 0 heterocycles. The lowest BCUT2D eigenvalue weighted by molar-refractivity contribution is -0.0255. The molecule has 0 unspecified atom stereocenters. The average Bonchev–Trinajstić information content (AvgIpc) is 3.46. The number of carbonyl (C=O) groups is 1. The first-order valence-corrected chi connectivity index (χ1v) is 17.3. The number of alkyl carbamates (subject to hydrolysis) is 1. The Morgan fingerprint density at radius 1 is 0.520 bits per heavy atom. The van der Waals surface area contributed by atoms with E-state index in [1.807, 2.05) is 24.3 Å². The van der Waals surface area contributed by atoms with E-state index in [4.69, 9.17) is 52.1 Å². The molecule has 280 valence electrons. The summed E-state index contributed by atoms with van der Waals surface area (Å²) in [7, 11) is 0. The second-order valence-corrected chi connectivity index (χ2v) is 10.8. The van der Waals surface area contributed by atoms with Crippen LogP contribution >= 0.6 is 0 Å². The van der Waals surface area contributed by atoms with E-state index in [-0.39, 0.29) is 12.5 Å². The molecule has 0 radical (unpaired) electrons. The summed E-state index contributed by atoms with van der Waals surface area (Å²) in [6.07, 6.45) is 0.942. The fraction of sp³-hybridized carbons (Fsp3) is 0.595. The monoisotopic (exact) mass is 705 g/mol. The van der Waals surface area contributed by atoms with Crippen LogP contribution in [0.3, 0.4) is 0 Å². The molecule has 1 N–H and O–H groups in total. The van der Waals surface area contributed by atoms with E-state index in [0.717, 1.165) is 0 Å². The molecule has 1 aliphatic carbocycles. The molecule has 0 fully saturated rings. The van der Waals surface area contributed by atoms with E-state index in [9.17, 15) is 4.79 Å². The summed E-state index contributed by atoms with van der Waals surface area (Å²) in [5.74, 6) is 0.0380. The Labute approximate surface area is 296 Å². The maximum atomic E-state index is 12.2. The normalized spacial score (nSPS) is 12.1. The van der Waals surface area contributed by atoms with Crippen molar-refractivity contribution in [2.45, 2.75) is 5.92 Å². The first kappa shape index (κ1) is 41.3. The molecule has 2 aromatic carbocycles. The number of nitrogens with one attached hydrogen (secondary N) is 1. The molecule has 2 aromatic rings. The number of hydrogen-bond donors (Lipinski definition) is 1. The molecule has 1 aliphatic rings. The van der Waals surface area contributed by atoms with E-state index >= 15 is 0 Å². The summed E-state index contributed by atoms with van der Waals surface area (Å²) in [5, 5.41) is 2.74. The van der Waals surface area contributed by atoms with Crippen molar-refractivity contribution in [1.29, 1.82) is 0 Å². The zero-order valence-corrected chi connectivity index (χ0v) is 29.2. The van der Waals surface area contributed by atoms with Gasteiger partial charge in [0.05, 0.1) is 125 Å². The minimum Gasteiger partial charge on any atom is -0.499 e. The Morgan fingerprint density at radius 2 is 0.860 bits per heavy atom. The van der Waals surface area contributed by atoms with Crippen LogP contribution in [0.1, 0.15) is 17.0 Å². The highest BCUT2D eigenvalue weighted by Gasteiger charge is 2.28. The SMILES string of the molecule is C=COCCOCCOCCOCCOCCOCCOCCOCCOCCOCCNC(=O)OCC1c2ccccc2-c2ccccc21. The average molecular weight is 706 g/mol. The fourth-order valence-corrected chi connectivity index (χ4v) is 4.93. The predicted octanol–water partition coefficient (Wildman–Crippen LogP) is 3.83. The van der Waals surface area contributed by atoms with Gasteiger partial charge in [0.1, 0.15) is 13.2 Å². The molecule has 1 amide bonds. The third-order valence-corrected chi connectivity index (χ3v) is 7.30. The van der Waals surface area contributed by atoms with Gasteiger partial charge in [-0.2, -0.15) is 0 Å². The van der Waals surface area contributed by atoms with Gasteiger partial charge in [-0.3, -0.25) is 0 Å². The number of ether oxygens (including phenoxy) is 11. The summed E-state index contributed by atoms with van der Waals surface area (Å²) in [4.78, 5) is 12.2. The van der Waals surface area contributed by atoms with Crippen molar-refractivity contribution >= 4 is 6.09 Å². The second-order valence-electron chi connectivity index (χ2n) is 10.8. The minimum absolute atomic E-state index is 0.0380. The highest BCUT2D eigenvalue weighted by Crippen LogP contribution is 2.44. The first-order chi connectivity index (χ1) is 24.8. The van der Waals surface area contributed by atoms with Gasteiger partial charge in [0, 0.05) is 12.5 Å². The van der Waals surface area contributed by atoms with Crippen LogP contribution in [-0.2, 0) is 52.1 Å². The molecule has 50 heavy (non-hydrogen) atoms. The molecule has 0 saturated carbocycles. The molecule has 3 rings (SSSR count). The standard InChI is InChI=1S/C37H55NO12/c1-2-40-13-14-42-17-18-44-21-22-46-25-26-48-29-30-49-28-27-47-24-23-45-20-19-43-16-15-41-12-11-38-37(39)50-31-36-34-9-5-3-7-32(34)33-8-4-6-10-35(33)36/h2-10,36H,1,11-31H2,(H,38,39). The van der Waals surface area contributed by atoms with Crippen molar-refractivity contribution in [3.63, 3.8) is 0 Å². The maximum Gasteiger partial charge on any atom is 0.407 e. The van der Waals surface area contributed by atoms with Crippen molar-refractivity contribution in [3.8, 4) is 11.1 Å². The Hall–Kier alpha value is -3.11. The number of rotatable bonds is 33. The summed E-state index contributed by atoms with van der Waals surface area (Å²) < 4.78 is 59.6. The molecule has 0 saturated heterocycles. The number of carbonyl (C=O) groups excluding carboxylic acids is 1. The zero-order valence-electron chi connectivity index (χ0n) is 29.2. The van der Waals surface area contributed by atoms with Gasteiger partial charge < -0.3 is 57.4 Å². The number of benzene rings is 2. The molecule has 0 aliphatic heterocycles. The van der Waals surface area contributed by atoms with Crippen molar-refractivity contribution in [1.82, 2.24) is 5.32 Å². The van der Waals surface area contributed by atoms with Gasteiger partial charge in [-0.05, 0) is 22.3 Å². The molecule has 0 atom stereocenters. The Kier molecular flexibility index (Phi) is 23.6. The summed E-state index contributed by atoms with van der Waals surface area (Å²) >= 11 is 0. The number of hydrogen-bond acceptors (Lipinski definition) is 12. The van der Waals surface area contributed by atoms with E-state index in [1.165, 1.54) is 28.5 Å². The molecule has 13 nitrogen and oxygen atoms in total. The van der Waals surface area contributed by atoms with Gasteiger partial charge in [-0.15, -0.1) is 0 Å². The Balaban J connectivity index is 0.972. The topological polar surface area (TPSA) is 131 Å². The van der Waals surface area contributed by atoms with Gasteiger partial charge in [0.25, 0.3) is 0 Å². The minimum atomic E-state index is -0.452. The van der Waals surface area contributed by atoms with Crippen LogP contribution in [0.2, 0.25) is 0 Å². The summed E-state index contributed by atoms with van der Waals surface area (Å²) in [6.45, 7) is 13.3. The zero-order chi connectivity index (χ0) is 35.2. The van der Waals surface area contributed by atoms with Crippen LogP contribution in [0.4, 0.5) is 4.79 Å². The van der Waals surface area contributed by atoms with E-state index in [2.05, 4.69) is 36.2 Å². The third kappa shape index (κ3) is 18.2. The van der Waals surface area contributed by atoms with E-state index < -0.39 is 6.09 Å². The Morgan fingerprint density at radius 3 is 1.24 bits per heavy atom. The first-order valence-electron chi connectivity index (χ1n) is 17.3. The molecular formula is C37H55NO12. The van der Waals surface area contributed by atoms with Crippen LogP contribution in [-0.4, -0.2) is 145 Å². The quantitative estimate of drug-likeness (QED) is 0.0856. The Bertz CT molecular complexity index is 1110. The van der Waals surface area contributed by atoms with Crippen LogP contribution in [0.25, 0.3) is 11.1 Å². The van der Waals surface area contributed by atoms with Crippen molar-refractivity contribution in [3.05, 3.63) is 72.5 Å². The van der Waals surface area contributed by atoms with Crippen LogP contribution in [0.5, 0.6) is 0 Å². The van der Waals surface area contributed by atoms with Gasteiger partial charge in [0.2, 0.25) is 0 Å². The summed E-state index contributed by atoms with van der Waals surface area (Å²) in [6, 6.07) is 16.5. The lowest BCUT2D eigenvalue weighted by Gasteiger charge is -2.14. The largest absolute Gasteiger partial charge is 0.499 e. The van der Waals surface area contributed by atoms with Crippen molar-refractivity contribution < 1.29 is 56.9 Å². The lowest BCUT2D eigenvalue weighted by Crippen LogP contribution is -2.29. The number of amides is 1. The predicted molar refractivity (Wildman–Crippen MR) is 187 cm³/mol. The van der Waals surface area contributed by atoms with Gasteiger partial charge in [0.15, 0.2) is 0 Å². The lowest BCUT2D eigenvalue weighted by atomic mass is 9.98. The van der Waals surface area contributed by atoms with Gasteiger partial charge in [-0.1, -0.05) is 55.1 Å². The molecular weight excluding hydrogens is 650 g/mol.